The number of aryl methyl sites for hydroxylation is 1. The normalized spacial score (nSPS) is 17.2. The highest BCUT2D eigenvalue weighted by atomic mass is 32.2. The minimum absolute atomic E-state index is 0.0746. The Labute approximate surface area is 117 Å². The molecule has 1 fully saturated rings. The Kier molecular flexibility index (Phi) is 3.98. The molecule has 20 heavy (non-hydrogen) atoms. The topological polar surface area (TPSA) is 104 Å². The lowest BCUT2D eigenvalue weighted by molar-refractivity contribution is 0.0694. The SMILES string of the molecule is Cc1ccc(O)c(C(=O)N2CCN(S(N)(=O)=O)CC2)c1. The molecular formula is C12H17N3O4S. The fourth-order valence-corrected chi connectivity index (χ4v) is 2.81. The number of benzene rings is 1. The average molecular weight is 299 g/mol. The van der Waals surface area contributed by atoms with E-state index in [1.165, 1.54) is 11.0 Å². The van der Waals surface area contributed by atoms with Gasteiger partial charge in [0.15, 0.2) is 0 Å². The number of phenols is 1. The second-order valence-corrected chi connectivity index (χ2v) is 6.30. The molecule has 0 bridgehead atoms. The predicted octanol–water partition coefficient (Wildman–Crippen LogP) is -0.338. The number of carbonyl (C=O) groups excluding carboxylic acids is 1. The molecule has 1 aliphatic rings. The first-order valence-corrected chi connectivity index (χ1v) is 7.66. The summed E-state index contributed by atoms with van der Waals surface area (Å²) in [6, 6.07) is 4.80. The number of aromatic hydroxyl groups is 1. The fourth-order valence-electron chi connectivity index (χ4n) is 2.14. The summed E-state index contributed by atoms with van der Waals surface area (Å²) < 4.78 is 23.5. The Bertz CT molecular complexity index is 622. The number of hydrogen-bond donors (Lipinski definition) is 2. The summed E-state index contributed by atoms with van der Waals surface area (Å²) in [5.41, 5.74) is 1.10. The number of nitrogens with two attached hydrogens (primary N) is 1. The lowest BCUT2D eigenvalue weighted by atomic mass is 10.1. The molecule has 0 saturated carbocycles. The van der Waals surface area contributed by atoms with Crippen LogP contribution in [-0.2, 0) is 10.2 Å². The number of amides is 1. The van der Waals surface area contributed by atoms with Crippen molar-refractivity contribution in [3.8, 4) is 5.75 Å². The highest BCUT2D eigenvalue weighted by molar-refractivity contribution is 7.86. The van der Waals surface area contributed by atoms with Gasteiger partial charge in [0, 0.05) is 26.2 Å². The zero-order valence-corrected chi connectivity index (χ0v) is 11.9. The quantitative estimate of drug-likeness (QED) is 0.779. The largest absolute Gasteiger partial charge is 0.507 e. The molecular weight excluding hydrogens is 282 g/mol. The van der Waals surface area contributed by atoms with Gasteiger partial charge in [-0.25, -0.2) is 5.14 Å². The Morgan fingerprint density at radius 1 is 1.25 bits per heavy atom. The van der Waals surface area contributed by atoms with Gasteiger partial charge in [-0.3, -0.25) is 4.79 Å². The van der Waals surface area contributed by atoms with E-state index in [1.807, 2.05) is 6.92 Å². The van der Waals surface area contributed by atoms with E-state index >= 15 is 0 Å². The lowest BCUT2D eigenvalue weighted by Gasteiger charge is -2.33. The van der Waals surface area contributed by atoms with Crippen molar-refractivity contribution in [2.24, 2.45) is 5.14 Å². The standard InChI is InChI=1S/C12H17N3O4S/c1-9-2-3-11(16)10(8-9)12(17)14-4-6-15(7-5-14)20(13,18)19/h2-3,8,16H,4-7H2,1H3,(H2,13,18,19). The highest BCUT2D eigenvalue weighted by Crippen LogP contribution is 2.21. The highest BCUT2D eigenvalue weighted by Gasteiger charge is 2.27. The third kappa shape index (κ3) is 3.09. The van der Waals surface area contributed by atoms with E-state index in [-0.39, 0.29) is 43.4 Å². The van der Waals surface area contributed by atoms with Crippen LogP contribution in [-0.4, -0.2) is 54.8 Å². The third-order valence-electron chi connectivity index (χ3n) is 3.27. The molecule has 1 heterocycles. The van der Waals surface area contributed by atoms with E-state index < -0.39 is 10.2 Å². The lowest BCUT2D eigenvalue weighted by Crippen LogP contribution is -2.52. The van der Waals surface area contributed by atoms with E-state index in [2.05, 4.69) is 0 Å². The van der Waals surface area contributed by atoms with Crippen LogP contribution in [0.2, 0.25) is 0 Å². The Morgan fingerprint density at radius 2 is 1.85 bits per heavy atom. The summed E-state index contributed by atoms with van der Waals surface area (Å²) in [5.74, 6) is -0.380. The summed E-state index contributed by atoms with van der Waals surface area (Å²) in [6.45, 7) is 2.66. The maximum absolute atomic E-state index is 12.3. The van der Waals surface area contributed by atoms with Crippen LogP contribution in [0.25, 0.3) is 0 Å². The fraction of sp³-hybridized carbons (Fsp3) is 0.417. The van der Waals surface area contributed by atoms with E-state index in [1.54, 1.807) is 12.1 Å². The second kappa shape index (κ2) is 5.39. The average Bonchev–Trinajstić information content (AvgIpc) is 2.40. The Hall–Kier alpha value is -1.64. The number of hydrogen-bond acceptors (Lipinski definition) is 4. The predicted molar refractivity (Wildman–Crippen MR) is 73.4 cm³/mol. The molecule has 1 aliphatic heterocycles. The molecule has 0 atom stereocenters. The van der Waals surface area contributed by atoms with Gasteiger partial charge in [0.05, 0.1) is 5.56 Å². The Balaban J connectivity index is 2.11. The van der Waals surface area contributed by atoms with Gasteiger partial charge in [-0.2, -0.15) is 12.7 Å². The van der Waals surface area contributed by atoms with Gasteiger partial charge < -0.3 is 10.0 Å². The van der Waals surface area contributed by atoms with Gasteiger partial charge in [0.25, 0.3) is 16.1 Å². The number of phenolic OH excluding ortho intramolecular Hbond substituents is 1. The van der Waals surface area contributed by atoms with Gasteiger partial charge in [-0.05, 0) is 19.1 Å². The van der Waals surface area contributed by atoms with Crippen molar-refractivity contribution in [3.05, 3.63) is 29.3 Å². The van der Waals surface area contributed by atoms with Crippen molar-refractivity contribution in [1.82, 2.24) is 9.21 Å². The van der Waals surface area contributed by atoms with Crippen LogP contribution >= 0.6 is 0 Å². The number of nitrogens with zero attached hydrogens (tertiary/aromatic N) is 2. The van der Waals surface area contributed by atoms with Crippen molar-refractivity contribution in [2.45, 2.75) is 6.92 Å². The van der Waals surface area contributed by atoms with E-state index in [0.717, 1.165) is 9.87 Å². The van der Waals surface area contributed by atoms with E-state index in [4.69, 9.17) is 5.14 Å². The molecule has 2 rings (SSSR count). The van der Waals surface area contributed by atoms with Crippen LogP contribution in [0.15, 0.2) is 18.2 Å². The molecule has 1 aromatic carbocycles. The van der Waals surface area contributed by atoms with Gasteiger partial charge in [-0.1, -0.05) is 11.6 Å². The monoisotopic (exact) mass is 299 g/mol. The molecule has 3 N–H and O–H groups in total. The van der Waals surface area contributed by atoms with Crippen molar-refractivity contribution in [2.75, 3.05) is 26.2 Å². The smallest absolute Gasteiger partial charge is 0.277 e. The molecule has 8 heteroatoms. The van der Waals surface area contributed by atoms with Crippen LogP contribution in [0.3, 0.4) is 0 Å². The first kappa shape index (κ1) is 14.8. The third-order valence-corrected chi connectivity index (χ3v) is 4.35. The van der Waals surface area contributed by atoms with Crippen LogP contribution in [0.4, 0.5) is 0 Å². The summed E-state index contributed by atoms with van der Waals surface area (Å²) >= 11 is 0. The summed E-state index contributed by atoms with van der Waals surface area (Å²) in [5, 5.41) is 14.8. The Morgan fingerprint density at radius 3 is 2.40 bits per heavy atom. The van der Waals surface area contributed by atoms with Gasteiger partial charge in [0.2, 0.25) is 0 Å². The zero-order valence-electron chi connectivity index (χ0n) is 11.1. The van der Waals surface area contributed by atoms with Gasteiger partial charge >= 0.3 is 0 Å². The molecule has 0 spiro atoms. The maximum atomic E-state index is 12.3. The summed E-state index contributed by atoms with van der Waals surface area (Å²) in [6.07, 6.45) is 0. The maximum Gasteiger partial charge on any atom is 0.277 e. The first-order valence-electron chi connectivity index (χ1n) is 6.16. The van der Waals surface area contributed by atoms with Crippen LogP contribution < -0.4 is 5.14 Å². The molecule has 0 unspecified atom stereocenters. The van der Waals surface area contributed by atoms with Gasteiger partial charge in [-0.15, -0.1) is 0 Å². The number of piperazine rings is 1. The van der Waals surface area contributed by atoms with Crippen LogP contribution in [0.1, 0.15) is 15.9 Å². The molecule has 0 aliphatic carbocycles. The van der Waals surface area contributed by atoms with Crippen molar-refractivity contribution in [1.29, 1.82) is 0 Å². The minimum atomic E-state index is -3.71. The summed E-state index contributed by atoms with van der Waals surface area (Å²) in [7, 11) is -3.71. The molecule has 1 saturated heterocycles. The molecule has 0 radical (unpaired) electrons. The van der Waals surface area contributed by atoms with E-state index in [9.17, 15) is 18.3 Å². The minimum Gasteiger partial charge on any atom is -0.507 e. The van der Waals surface area contributed by atoms with Crippen molar-refractivity contribution < 1.29 is 18.3 Å². The molecule has 1 amide bonds. The number of rotatable bonds is 2. The molecule has 7 nitrogen and oxygen atoms in total. The van der Waals surface area contributed by atoms with Crippen LogP contribution in [0, 0.1) is 6.92 Å². The zero-order chi connectivity index (χ0) is 14.9. The number of carbonyl (C=O) groups is 1. The summed E-state index contributed by atoms with van der Waals surface area (Å²) in [4.78, 5) is 13.8. The molecule has 110 valence electrons. The van der Waals surface area contributed by atoms with Crippen molar-refractivity contribution >= 4 is 16.1 Å². The van der Waals surface area contributed by atoms with Gasteiger partial charge in [0.1, 0.15) is 5.75 Å². The molecule has 1 aromatic rings. The second-order valence-electron chi connectivity index (χ2n) is 4.76. The van der Waals surface area contributed by atoms with Crippen molar-refractivity contribution in [3.63, 3.8) is 0 Å². The molecule has 0 aromatic heterocycles. The van der Waals surface area contributed by atoms with Crippen LogP contribution in [0.5, 0.6) is 5.75 Å². The van der Waals surface area contributed by atoms with E-state index in [0.29, 0.717) is 0 Å². The first-order chi connectivity index (χ1) is 9.29.